The lowest BCUT2D eigenvalue weighted by Gasteiger charge is -2.17. The second kappa shape index (κ2) is 13.2. The highest BCUT2D eigenvalue weighted by Crippen LogP contribution is 2.39. The van der Waals surface area contributed by atoms with Gasteiger partial charge in [-0.15, -0.1) is 0 Å². The summed E-state index contributed by atoms with van der Waals surface area (Å²) >= 11 is 1.78. The molecule has 2 aromatic carbocycles. The Bertz CT molecular complexity index is 1890. The number of carbonyl (C=O) groups excluding carboxylic acids is 4. The second-order valence-corrected chi connectivity index (χ2v) is 12.0. The van der Waals surface area contributed by atoms with Crippen LogP contribution < -0.4 is 10.0 Å². The molecule has 3 heterocycles. The molecule has 3 aromatic rings. The fourth-order valence-electron chi connectivity index (χ4n) is 4.24. The first-order chi connectivity index (χ1) is 22.0. The van der Waals surface area contributed by atoms with Crippen molar-refractivity contribution in [1.82, 2.24) is 4.98 Å². The van der Waals surface area contributed by atoms with Gasteiger partial charge >= 0.3 is 0 Å². The third-order valence-electron chi connectivity index (χ3n) is 6.63. The number of hydrazone groups is 2. The van der Waals surface area contributed by atoms with Gasteiger partial charge in [-0.1, -0.05) is 41.5 Å². The largest absolute Gasteiger partial charge is 0.292 e. The van der Waals surface area contributed by atoms with Crippen LogP contribution >= 0.6 is 23.5 Å². The number of allylic oxidation sites excluding steroid dienone is 2. The SMILES string of the molecule is CC(=O)C1=NN(c2ccc(C)cc2)/C(=C(/C#N)C(=O)c2cccc(C(=O)/C(C#N)=C3/SC(C(C)=O)=NN3c3ccc(C)cc3)n2)S1. The number of aromatic nitrogens is 1. The van der Waals surface area contributed by atoms with Crippen LogP contribution in [0.3, 0.4) is 0 Å². The van der Waals surface area contributed by atoms with E-state index >= 15 is 0 Å². The maximum absolute atomic E-state index is 13.7. The minimum atomic E-state index is -0.804. The number of benzene rings is 2. The first-order valence-electron chi connectivity index (χ1n) is 13.7. The summed E-state index contributed by atoms with van der Waals surface area (Å²) in [4.78, 5) is 56.1. The fourth-order valence-corrected chi connectivity index (χ4v) is 6.08. The summed E-state index contributed by atoms with van der Waals surface area (Å²) in [5.41, 5.74) is 1.90. The summed E-state index contributed by atoms with van der Waals surface area (Å²) in [6, 6.07) is 22.3. The van der Waals surface area contributed by atoms with Crippen LogP contribution in [0.2, 0.25) is 0 Å². The molecule has 0 saturated carbocycles. The van der Waals surface area contributed by atoms with Gasteiger partial charge in [0.05, 0.1) is 11.4 Å². The highest BCUT2D eigenvalue weighted by molar-refractivity contribution is 8.19. The Morgan fingerprint density at radius 3 is 1.33 bits per heavy atom. The molecular weight excluding hydrogens is 623 g/mol. The molecule has 2 aliphatic heterocycles. The number of anilines is 2. The minimum absolute atomic E-state index is 0.0950. The van der Waals surface area contributed by atoms with Crippen molar-refractivity contribution in [1.29, 1.82) is 10.5 Å². The second-order valence-electron chi connectivity index (χ2n) is 10.1. The number of aryl methyl sites for hydroxylation is 2. The van der Waals surface area contributed by atoms with Crippen LogP contribution in [-0.4, -0.2) is 38.2 Å². The van der Waals surface area contributed by atoms with Crippen molar-refractivity contribution in [2.45, 2.75) is 27.7 Å². The number of carbonyl (C=O) groups is 4. The number of Topliss-reactive ketones (excluding diaryl/α,β-unsaturated/α-hetero) is 4. The van der Waals surface area contributed by atoms with Gasteiger partial charge < -0.3 is 0 Å². The maximum Gasteiger partial charge on any atom is 0.224 e. The third-order valence-corrected chi connectivity index (χ3v) is 8.90. The summed E-state index contributed by atoms with van der Waals surface area (Å²) in [6.45, 7) is 6.48. The summed E-state index contributed by atoms with van der Waals surface area (Å²) in [7, 11) is 0. The Morgan fingerprint density at radius 1 is 0.630 bits per heavy atom. The van der Waals surface area contributed by atoms with E-state index in [1.807, 2.05) is 50.3 Å². The van der Waals surface area contributed by atoms with Crippen LogP contribution in [0.15, 0.2) is 98.1 Å². The zero-order valence-corrected chi connectivity index (χ0v) is 26.6. The lowest BCUT2D eigenvalue weighted by Crippen LogP contribution is -2.18. The van der Waals surface area contributed by atoms with Gasteiger partial charge in [0.1, 0.15) is 44.7 Å². The molecule has 2 aliphatic rings. The lowest BCUT2D eigenvalue weighted by molar-refractivity contribution is -0.111. The van der Waals surface area contributed by atoms with E-state index in [4.69, 9.17) is 0 Å². The molecule has 0 fully saturated rings. The van der Waals surface area contributed by atoms with Crippen molar-refractivity contribution in [3.63, 3.8) is 0 Å². The average molecular weight is 646 g/mol. The number of nitriles is 2. The molecule has 0 N–H and O–H groups in total. The van der Waals surface area contributed by atoms with Gasteiger partial charge in [0.25, 0.3) is 0 Å². The highest BCUT2D eigenvalue weighted by atomic mass is 32.2. The number of hydrogen-bond donors (Lipinski definition) is 0. The van der Waals surface area contributed by atoms with Crippen molar-refractivity contribution < 1.29 is 19.2 Å². The van der Waals surface area contributed by atoms with Crippen LogP contribution in [0.5, 0.6) is 0 Å². The highest BCUT2D eigenvalue weighted by Gasteiger charge is 2.34. The van der Waals surface area contributed by atoms with E-state index in [0.29, 0.717) is 11.4 Å². The number of rotatable bonds is 8. The van der Waals surface area contributed by atoms with Crippen LogP contribution in [0.1, 0.15) is 46.0 Å². The van der Waals surface area contributed by atoms with Gasteiger partial charge in [0.15, 0.2) is 21.7 Å². The first kappa shape index (κ1) is 31.8. The van der Waals surface area contributed by atoms with Gasteiger partial charge in [0, 0.05) is 13.8 Å². The summed E-state index contributed by atoms with van der Waals surface area (Å²) in [5, 5.41) is 32.1. The Morgan fingerprint density at radius 2 is 1.00 bits per heavy atom. The Kier molecular flexibility index (Phi) is 9.09. The van der Waals surface area contributed by atoms with Crippen molar-refractivity contribution in [3.8, 4) is 12.1 Å². The Hall–Kier alpha value is -5.63. The van der Waals surface area contributed by atoms with Crippen molar-refractivity contribution >= 4 is 68.1 Å². The normalized spacial score (nSPS) is 16.2. The molecule has 13 heteroatoms. The van der Waals surface area contributed by atoms with Crippen molar-refractivity contribution in [3.05, 3.63) is 110 Å². The molecule has 0 amide bonds. The molecule has 0 saturated heterocycles. The molecule has 0 atom stereocenters. The van der Waals surface area contributed by atoms with E-state index in [1.165, 1.54) is 42.1 Å². The summed E-state index contributed by atoms with van der Waals surface area (Å²) < 4.78 is 0. The summed E-state index contributed by atoms with van der Waals surface area (Å²) in [5.74, 6) is -2.29. The van der Waals surface area contributed by atoms with E-state index in [2.05, 4.69) is 15.2 Å². The van der Waals surface area contributed by atoms with Crippen LogP contribution in [-0.2, 0) is 9.59 Å². The number of nitrogens with zero attached hydrogens (tertiary/aromatic N) is 7. The Balaban J connectivity index is 1.54. The molecule has 5 rings (SSSR count). The topological polar surface area (TPSA) is 160 Å². The minimum Gasteiger partial charge on any atom is -0.292 e. The molecule has 11 nitrogen and oxygen atoms in total. The number of pyridine rings is 1. The first-order valence-corrected chi connectivity index (χ1v) is 15.3. The van der Waals surface area contributed by atoms with Crippen LogP contribution in [0.25, 0.3) is 0 Å². The predicted octanol–water partition coefficient (Wildman–Crippen LogP) is 5.85. The summed E-state index contributed by atoms with van der Waals surface area (Å²) in [6.07, 6.45) is 0. The molecule has 226 valence electrons. The van der Waals surface area contributed by atoms with E-state index in [-0.39, 0.29) is 54.2 Å². The van der Waals surface area contributed by atoms with E-state index in [9.17, 15) is 29.7 Å². The standard InChI is InChI=1S/C33H23N7O4S2/c1-18-8-12-22(13-9-18)39-32(45-30(37-39)20(3)41)24(16-34)28(43)26-6-5-7-27(36-26)29(44)25(17-35)33-40(38-31(46-33)21(4)42)23-14-10-19(2)11-15-23/h5-15H,1-4H3/b32-24+,33-25+. The zero-order valence-electron chi connectivity index (χ0n) is 24.9. The molecule has 0 aliphatic carbocycles. The molecule has 0 spiro atoms. The smallest absolute Gasteiger partial charge is 0.224 e. The molecule has 46 heavy (non-hydrogen) atoms. The number of ketones is 4. The van der Waals surface area contributed by atoms with E-state index < -0.39 is 11.6 Å². The quantitative estimate of drug-likeness (QED) is 0.164. The lowest BCUT2D eigenvalue weighted by atomic mass is 10.1. The predicted molar refractivity (Wildman–Crippen MR) is 177 cm³/mol. The number of thioether (sulfide) groups is 2. The van der Waals surface area contributed by atoms with Gasteiger partial charge in [-0.2, -0.15) is 20.7 Å². The average Bonchev–Trinajstić information content (AvgIpc) is 3.69. The molecular formula is C33H23N7O4S2. The molecule has 0 bridgehead atoms. The molecule has 0 radical (unpaired) electrons. The van der Waals surface area contributed by atoms with Gasteiger partial charge in [-0.25, -0.2) is 15.0 Å². The molecule has 0 unspecified atom stereocenters. The Labute approximate surface area is 272 Å². The maximum atomic E-state index is 13.7. The van der Waals surface area contributed by atoms with Crippen LogP contribution in [0.4, 0.5) is 11.4 Å². The monoisotopic (exact) mass is 645 g/mol. The third kappa shape index (κ3) is 6.28. The number of hydrogen-bond acceptors (Lipinski definition) is 13. The molecule has 1 aromatic heterocycles. The van der Waals surface area contributed by atoms with E-state index in [1.54, 1.807) is 24.3 Å². The van der Waals surface area contributed by atoms with Crippen molar-refractivity contribution in [2.24, 2.45) is 10.2 Å². The fraction of sp³-hybridized carbons (Fsp3) is 0.121. The van der Waals surface area contributed by atoms with Crippen LogP contribution in [0, 0.1) is 36.5 Å². The van der Waals surface area contributed by atoms with Crippen molar-refractivity contribution in [2.75, 3.05) is 10.0 Å². The van der Waals surface area contributed by atoms with E-state index in [0.717, 1.165) is 34.7 Å². The van der Waals surface area contributed by atoms with Gasteiger partial charge in [-0.05, 0) is 73.8 Å². The van der Waals surface area contributed by atoms with Gasteiger partial charge in [0.2, 0.25) is 11.6 Å². The zero-order chi connectivity index (χ0) is 33.1. The van der Waals surface area contributed by atoms with Gasteiger partial charge in [-0.3, -0.25) is 19.2 Å².